The Labute approximate surface area is 68.9 Å². The van der Waals surface area contributed by atoms with Crippen LogP contribution in [0.5, 0.6) is 0 Å². The van der Waals surface area contributed by atoms with Crippen molar-refractivity contribution in [2.24, 2.45) is 0 Å². The molecule has 1 atom stereocenters. The summed E-state index contributed by atoms with van der Waals surface area (Å²) in [4.78, 5) is 0.962. The SMILES string of the molecule is Cc1ccsc1C(Cl)C#N. The molecule has 52 valence electrons. The maximum absolute atomic E-state index is 8.46. The number of halogens is 1. The van der Waals surface area contributed by atoms with Crippen molar-refractivity contribution in [2.45, 2.75) is 12.3 Å². The molecule has 0 N–H and O–H groups in total. The Morgan fingerprint density at radius 3 is 2.90 bits per heavy atom. The van der Waals surface area contributed by atoms with Gasteiger partial charge >= 0.3 is 0 Å². The van der Waals surface area contributed by atoms with E-state index in [4.69, 9.17) is 16.9 Å². The zero-order chi connectivity index (χ0) is 7.56. The first-order valence-electron chi connectivity index (χ1n) is 2.83. The van der Waals surface area contributed by atoms with Crippen LogP contribution in [0.2, 0.25) is 0 Å². The van der Waals surface area contributed by atoms with Crippen molar-refractivity contribution in [3.8, 4) is 6.07 Å². The molecule has 3 heteroatoms. The highest BCUT2D eigenvalue weighted by atomic mass is 35.5. The van der Waals surface area contributed by atoms with Gasteiger partial charge in [0.2, 0.25) is 0 Å². The fourth-order valence-electron chi connectivity index (χ4n) is 0.703. The average Bonchev–Trinajstić information content (AvgIpc) is 2.34. The lowest BCUT2D eigenvalue weighted by molar-refractivity contribution is 1.23. The lowest BCUT2D eigenvalue weighted by Gasteiger charge is -1.95. The highest BCUT2D eigenvalue weighted by Crippen LogP contribution is 2.27. The number of nitriles is 1. The molecule has 0 bridgehead atoms. The Morgan fingerprint density at radius 2 is 2.50 bits per heavy atom. The molecule has 1 aromatic heterocycles. The number of aryl methyl sites for hydroxylation is 1. The smallest absolute Gasteiger partial charge is 0.154 e. The second kappa shape index (κ2) is 3.05. The number of hydrogen-bond acceptors (Lipinski definition) is 2. The number of hydrogen-bond donors (Lipinski definition) is 0. The van der Waals surface area contributed by atoms with E-state index in [1.54, 1.807) is 0 Å². The van der Waals surface area contributed by atoms with Gasteiger partial charge in [0.15, 0.2) is 5.38 Å². The van der Waals surface area contributed by atoms with Gasteiger partial charge in [0.1, 0.15) is 0 Å². The maximum atomic E-state index is 8.46. The van der Waals surface area contributed by atoms with Gasteiger partial charge in [-0.25, -0.2) is 0 Å². The monoisotopic (exact) mass is 171 g/mol. The molecule has 0 amide bonds. The quantitative estimate of drug-likeness (QED) is 0.597. The molecular formula is C7H6ClNS. The molecule has 1 nitrogen and oxygen atoms in total. The molecule has 0 saturated carbocycles. The van der Waals surface area contributed by atoms with Crippen molar-refractivity contribution in [1.29, 1.82) is 5.26 Å². The molecule has 0 aliphatic carbocycles. The summed E-state index contributed by atoms with van der Waals surface area (Å²) in [5.74, 6) is 0. The van der Waals surface area contributed by atoms with Gasteiger partial charge in [-0.3, -0.25) is 0 Å². The number of thiophene rings is 1. The topological polar surface area (TPSA) is 23.8 Å². The zero-order valence-electron chi connectivity index (χ0n) is 5.47. The first kappa shape index (κ1) is 7.59. The molecule has 0 aromatic carbocycles. The van der Waals surface area contributed by atoms with E-state index in [-0.39, 0.29) is 0 Å². The molecule has 0 radical (unpaired) electrons. The minimum atomic E-state index is -0.472. The van der Waals surface area contributed by atoms with Crippen molar-refractivity contribution in [3.63, 3.8) is 0 Å². The predicted octanol–water partition coefficient (Wildman–Crippen LogP) is 2.86. The van der Waals surface area contributed by atoms with Crippen LogP contribution in [-0.2, 0) is 0 Å². The van der Waals surface area contributed by atoms with E-state index in [0.717, 1.165) is 10.4 Å². The van der Waals surface area contributed by atoms with Gasteiger partial charge in [-0.15, -0.1) is 22.9 Å². The minimum absolute atomic E-state index is 0.472. The maximum Gasteiger partial charge on any atom is 0.154 e. The Hall–Kier alpha value is -0.520. The summed E-state index contributed by atoms with van der Waals surface area (Å²) in [6, 6.07) is 3.95. The van der Waals surface area contributed by atoms with Crippen LogP contribution in [0.4, 0.5) is 0 Å². The van der Waals surface area contributed by atoms with Crippen molar-refractivity contribution >= 4 is 22.9 Å². The first-order chi connectivity index (χ1) is 4.75. The van der Waals surface area contributed by atoms with E-state index in [1.165, 1.54) is 11.3 Å². The lowest BCUT2D eigenvalue weighted by atomic mass is 10.2. The first-order valence-corrected chi connectivity index (χ1v) is 4.15. The van der Waals surface area contributed by atoms with E-state index in [0.29, 0.717) is 0 Å². The van der Waals surface area contributed by atoms with Gasteiger partial charge in [0, 0.05) is 4.88 Å². The van der Waals surface area contributed by atoms with E-state index >= 15 is 0 Å². The third kappa shape index (κ3) is 1.31. The van der Waals surface area contributed by atoms with Crippen LogP contribution < -0.4 is 0 Å². The molecule has 0 aliphatic heterocycles. The van der Waals surface area contributed by atoms with Crippen LogP contribution in [0.15, 0.2) is 11.4 Å². The molecule has 0 spiro atoms. The second-order valence-corrected chi connectivity index (χ2v) is 3.34. The summed E-state index contributed by atoms with van der Waals surface area (Å²) in [7, 11) is 0. The van der Waals surface area contributed by atoms with E-state index in [2.05, 4.69) is 0 Å². The molecule has 1 heterocycles. The molecule has 0 saturated heterocycles. The van der Waals surface area contributed by atoms with Gasteiger partial charge < -0.3 is 0 Å². The normalized spacial score (nSPS) is 12.5. The summed E-state index contributed by atoms with van der Waals surface area (Å²) in [6.45, 7) is 1.96. The molecular weight excluding hydrogens is 166 g/mol. The Bertz CT molecular complexity index is 261. The van der Waals surface area contributed by atoms with Crippen LogP contribution in [0.3, 0.4) is 0 Å². The predicted molar refractivity (Wildman–Crippen MR) is 43.3 cm³/mol. The fraction of sp³-hybridized carbons (Fsp3) is 0.286. The molecule has 1 aromatic rings. The van der Waals surface area contributed by atoms with Gasteiger partial charge in [-0.05, 0) is 23.9 Å². The Kier molecular flexibility index (Phi) is 2.31. The van der Waals surface area contributed by atoms with Crippen LogP contribution >= 0.6 is 22.9 Å². The minimum Gasteiger partial charge on any atom is -0.196 e. The summed E-state index contributed by atoms with van der Waals surface area (Å²) in [5, 5.41) is 9.93. The van der Waals surface area contributed by atoms with Crippen LogP contribution in [-0.4, -0.2) is 0 Å². The summed E-state index contributed by atoms with van der Waals surface area (Å²) < 4.78 is 0. The fourth-order valence-corrected chi connectivity index (χ4v) is 1.87. The number of rotatable bonds is 1. The average molecular weight is 172 g/mol. The van der Waals surface area contributed by atoms with E-state index in [9.17, 15) is 0 Å². The van der Waals surface area contributed by atoms with Crippen molar-refractivity contribution in [3.05, 3.63) is 21.9 Å². The molecule has 1 rings (SSSR count). The summed E-state index contributed by atoms with van der Waals surface area (Å²) >= 11 is 7.21. The standard InChI is InChI=1S/C7H6ClNS/c1-5-2-3-10-7(5)6(8)4-9/h2-3,6H,1H3. The van der Waals surface area contributed by atoms with Gasteiger partial charge in [-0.2, -0.15) is 5.26 Å². The molecule has 0 fully saturated rings. The van der Waals surface area contributed by atoms with Crippen LogP contribution in [0, 0.1) is 18.3 Å². The van der Waals surface area contributed by atoms with Gasteiger partial charge in [0.25, 0.3) is 0 Å². The summed E-state index contributed by atoms with van der Waals surface area (Å²) in [5.41, 5.74) is 1.10. The second-order valence-electron chi connectivity index (χ2n) is 1.96. The van der Waals surface area contributed by atoms with Crippen LogP contribution in [0.25, 0.3) is 0 Å². The lowest BCUT2D eigenvalue weighted by Crippen LogP contribution is -1.82. The van der Waals surface area contributed by atoms with Crippen molar-refractivity contribution in [2.75, 3.05) is 0 Å². The highest BCUT2D eigenvalue weighted by molar-refractivity contribution is 7.10. The van der Waals surface area contributed by atoms with Gasteiger partial charge in [-0.1, -0.05) is 0 Å². The third-order valence-corrected chi connectivity index (χ3v) is 2.77. The molecule has 0 aliphatic rings. The molecule has 1 unspecified atom stereocenters. The number of alkyl halides is 1. The Balaban J connectivity index is 2.96. The zero-order valence-corrected chi connectivity index (χ0v) is 7.04. The number of nitrogens with zero attached hydrogens (tertiary/aromatic N) is 1. The van der Waals surface area contributed by atoms with Crippen LogP contribution in [0.1, 0.15) is 15.8 Å². The van der Waals surface area contributed by atoms with Crippen molar-refractivity contribution < 1.29 is 0 Å². The van der Waals surface area contributed by atoms with Crippen molar-refractivity contribution in [1.82, 2.24) is 0 Å². The van der Waals surface area contributed by atoms with Gasteiger partial charge in [0.05, 0.1) is 6.07 Å². The Morgan fingerprint density at radius 1 is 1.80 bits per heavy atom. The largest absolute Gasteiger partial charge is 0.196 e. The van der Waals surface area contributed by atoms with E-state index in [1.807, 2.05) is 24.4 Å². The molecule has 10 heavy (non-hydrogen) atoms. The highest BCUT2D eigenvalue weighted by Gasteiger charge is 2.09. The summed E-state index contributed by atoms with van der Waals surface area (Å²) in [6.07, 6.45) is 0. The third-order valence-electron chi connectivity index (χ3n) is 1.25. The van der Waals surface area contributed by atoms with E-state index < -0.39 is 5.38 Å².